The predicted molar refractivity (Wildman–Crippen MR) is 97.7 cm³/mol. The van der Waals surface area contributed by atoms with Gasteiger partial charge in [-0.05, 0) is 37.1 Å². The zero-order valence-corrected chi connectivity index (χ0v) is 16.0. The molecule has 0 saturated carbocycles. The summed E-state index contributed by atoms with van der Waals surface area (Å²) in [4.78, 5) is 12.1. The minimum absolute atomic E-state index is 0.0135. The van der Waals surface area contributed by atoms with Crippen molar-refractivity contribution in [3.05, 3.63) is 41.5 Å². The molecule has 2 heterocycles. The average molecular weight is 397 g/mol. The molecule has 1 saturated heterocycles. The maximum Gasteiger partial charge on any atom is 0.190 e. The van der Waals surface area contributed by atoms with Gasteiger partial charge in [0.15, 0.2) is 20.8 Å². The van der Waals surface area contributed by atoms with Crippen molar-refractivity contribution >= 4 is 27.4 Å². The van der Waals surface area contributed by atoms with Crippen molar-refractivity contribution in [2.75, 3.05) is 17.3 Å². The van der Waals surface area contributed by atoms with Gasteiger partial charge in [-0.3, -0.25) is 4.79 Å². The number of Topliss-reactive ketones (excluding diaryl/α,β-unsaturated/α-hetero) is 1. The minimum atomic E-state index is -2.96. The molecule has 0 amide bonds. The SMILES string of the molecule is Cn1c(SCCCC(=O)c2ccc(F)cc2)nnc1C1CCS(=O)(=O)C1. The molecule has 26 heavy (non-hydrogen) atoms. The normalized spacial score (nSPS) is 18.9. The van der Waals surface area contributed by atoms with Crippen molar-refractivity contribution in [1.82, 2.24) is 14.8 Å². The third kappa shape index (κ3) is 4.50. The standard InChI is InChI=1S/C17H20FN3O3S2/c1-21-16(13-8-10-26(23,24)11-13)19-20-17(21)25-9-2-3-15(22)12-4-6-14(18)7-5-12/h4-7,13H,2-3,8-11H2,1H3. The summed E-state index contributed by atoms with van der Waals surface area (Å²) in [5, 5.41) is 9.03. The first-order valence-corrected chi connectivity index (χ1v) is 11.2. The van der Waals surface area contributed by atoms with Gasteiger partial charge in [-0.25, -0.2) is 12.8 Å². The van der Waals surface area contributed by atoms with Gasteiger partial charge in [0, 0.05) is 30.7 Å². The molecule has 0 bridgehead atoms. The molecule has 3 rings (SSSR count). The molecule has 1 atom stereocenters. The van der Waals surface area contributed by atoms with Crippen LogP contribution in [0.15, 0.2) is 29.4 Å². The van der Waals surface area contributed by atoms with Gasteiger partial charge in [-0.2, -0.15) is 0 Å². The Balaban J connectivity index is 1.50. The fourth-order valence-electron chi connectivity index (χ4n) is 2.98. The van der Waals surface area contributed by atoms with E-state index in [1.54, 1.807) is 0 Å². The van der Waals surface area contributed by atoms with E-state index >= 15 is 0 Å². The van der Waals surface area contributed by atoms with Crippen LogP contribution in [-0.2, 0) is 16.9 Å². The number of nitrogens with zero attached hydrogens (tertiary/aromatic N) is 3. The molecule has 0 spiro atoms. The van der Waals surface area contributed by atoms with E-state index in [0.717, 1.165) is 5.16 Å². The number of carbonyl (C=O) groups is 1. The molecule has 1 aliphatic rings. The summed E-state index contributed by atoms with van der Waals surface area (Å²) in [6.45, 7) is 0. The van der Waals surface area contributed by atoms with Crippen molar-refractivity contribution in [2.45, 2.75) is 30.3 Å². The number of benzene rings is 1. The lowest BCUT2D eigenvalue weighted by Crippen LogP contribution is -2.09. The van der Waals surface area contributed by atoms with Crippen LogP contribution in [0.3, 0.4) is 0 Å². The highest BCUT2D eigenvalue weighted by atomic mass is 32.2. The highest BCUT2D eigenvalue weighted by Crippen LogP contribution is 2.29. The van der Waals surface area contributed by atoms with Crippen LogP contribution in [0, 0.1) is 5.82 Å². The lowest BCUT2D eigenvalue weighted by Gasteiger charge is -2.07. The molecule has 0 aliphatic carbocycles. The molecule has 1 unspecified atom stereocenters. The Bertz CT molecular complexity index is 894. The van der Waals surface area contributed by atoms with Crippen LogP contribution in [0.4, 0.5) is 4.39 Å². The Labute approximate surface area is 156 Å². The maximum absolute atomic E-state index is 12.9. The van der Waals surface area contributed by atoms with Gasteiger partial charge in [0.05, 0.1) is 11.5 Å². The third-order valence-electron chi connectivity index (χ3n) is 4.41. The van der Waals surface area contributed by atoms with E-state index in [1.807, 2.05) is 11.6 Å². The molecule has 2 aromatic rings. The molecule has 1 fully saturated rings. The number of aromatic nitrogens is 3. The largest absolute Gasteiger partial charge is 0.309 e. The number of halogens is 1. The Morgan fingerprint density at radius 1 is 1.31 bits per heavy atom. The van der Waals surface area contributed by atoms with Crippen molar-refractivity contribution in [3.8, 4) is 0 Å². The zero-order chi connectivity index (χ0) is 18.7. The monoisotopic (exact) mass is 397 g/mol. The fraction of sp³-hybridized carbons (Fsp3) is 0.471. The quantitative estimate of drug-likeness (QED) is 0.406. The summed E-state index contributed by atoms with van der Waals surface area (Å²) in [7, 11) is -1.12. The molecule has 1 aromatic heterocycles. The molecule has 140 valence electrons. The topological polar surface area (TPSA) is 81.9 Å². The van der Waals surface area contributed by atoms with Crippen molar-refractivity contribution in [1.29, 1.82) is 0 Å². The highest BCUT2D eigenvalue weighted by molar-refractivity contribution is 7.99. The Morgan fingerprint density at radius 3 is 2.69 bits per heavy atom. The number of hydrogen-bond donors (Lipinski definition) is 0. The number of hydrogen-bond acceptors (Lipinski definition) is 6. The van der Waals surface area contributed by atoms with E-state index in [2.05, 4.69) is 10.2 Å². The predicted octanol–water partition coefficient (Wildman–Crippen LogP) is 2.61. The van der Waals surface area contributed by atoms with Gasteiger partial charge in [-0.1, -0.05) is 11.8 Å². The number of thioether (sulfide) groups is 1. The van der Waals surface area contributed by atoms with Crippen LogP contribution in [0.5, 0.6) is 0 Å². The Morgan fingerprint density at radius 2 is 2.04 bits per heavy atom. The zero-order valence-electron chi connectivity index (χ0n) is 14.4. The van der Waals surface area contributed by atoms with Crippen LogP contribution in [-0.4, -0.2) is 46.2 Å². The highest BCUT2D eigenvalue weighted by Gasteiger charge is 2.32. The molecule has 9 heteroatoms. The number of sulfone groups is 1. The van der Waals surface area contributed by atoms with Crippen molar-refractivity contribution < 1.29 is 17.6 Å². The van der Waals surface area contributed by atoms with Crippen LogP contribution in [0.1, 0.15) is 41.4 Å². The summed E-state index contributed by atoms with van der Waals surface area (Å²) in [5.74, 6) is 1.28. The van der Waals surface area contributed by atoms with E-state index in [1.165, 1.54) is 36.0 Å². The number of ketones is 1. The van der Waals surface area contributed by atoms with Gasteiger partial charge >= 0.3 is 0 Å². The van der Waals surface area contributed by atoms with E-state index in [9.17, 15) is 17.6 Å². The summed E-state index contributed by atoms with van der Waals surface area (Å²) < 4.78 is 38.0. The van der Waals surface area contributed by atoms with E-state index < -0.39 is 9.84 Å². The first-order valence-electron chi connectivity index (χ1n) is 8.37. The van der Waals surface area contributed by atoms with Crippen molar-refractivity contribution in [2.24, 2.45) is 7.05 Å². The van der Waals surface area contributed by atoms with Crippen LogP contribution >= 0.6 is 11.8 Å². The molecule has 6 nitrogen and oxygen atoms in total. The molecule has 1 aliphatic heterocycles. The number of carbonyl (C=O) groups excluding carboxylic acids is 1. The average Bonchev–Trinajstić information content (AvgIpc) is 3.14. The van der Waals surface area contributed by atoms with Gasteiger partial charge in [0.25, 0.3) is 0 Å². The molecule has 0 radical (unpaired) electrons. The lowest BCUT2D eigenvalue weighted by atomic mass is 10.1. The second-order valence-corrected chi connectivity index (χ2v) is 9.67. The lowest BCUT2D eigenvalue weighted by molar-refractivity contribution is 0.0982. The van der Waals surface area contributed by atoms with Gasteiger partial charge in [0.1, 0.15) is 11.6 Å². The first-order chi connectivity index (χ1) is 12.4. The second kappa shape index (κ2) is 7.87. The fourth-order valence-corrected chi connectivity index (χ4v) is 5.58. The van der Waals surface area contributed by atoms with Gasteiger partial charge in [-0.15, -0.1) is 10.2 Å². The summed E-state index contributed by atoms with van der Waals surface area (Å²) in [6, 6.07) is 5.56. The smallest absolute Gasteiger partial charge is 0.190 e. The summed E-state index contributed by atoms with van der Waals surface area (Å²) in [5.41, 5.74) is 0.514. The summed E-state index contributed by atoms with van der Waals surface area (Å²) in [6.07, 6.45) is 1.64. The molecular formula is C17H20FN3O3S2. The van der Waals surface area contributed by atoms with Gasteiger partial charge in [0.2, 0.25) is 0 Å². The van der Waals surface area contributed by atoms with E-state index in [-0.39, 0.29) is 29.0 Å². The van der Waals surface area contributed by atoms with Gasteiger partial charge < -0.3 is 4.57 Å². The maximum atomic E-state index is 12.9. The van der Waals surface area contributed by atoms with E-state index in [4.69, 9.17) is 0 Å². The van der Waals surface area contributed by atoms with Crippen molar-refractivity contribution in [3.63, 3.8) is 0 Å². The minimum Gasteiger partial charge on any atom is -0.309 e. The Kier molecular flexibility index (Phi) is 5.76. The van der Waals surface area contributed by atoms with Crippen LogP contribution in [0.25, 0.3) is 0 Å². The van der Waals surface area contributed by atoms with Crippen LogP contribution < -0.4 is 0 Å². The van der Waals surface area contributed by atoms with Crippen LogP contribution in [0.2, 0.25) is 0 Å². The molecular weight excluding hydrogens is 377 g/mol. The Hall–Kier alpha value is -1.74. The van der Waals surface area contributed by atoms with E-state index in [0.29, 0.717) is 36.4 Å². The second-order valence-electron chi connectivity index (χ2n) is 6.38. The third-order valence-corrected chi connectivity index (χ3v) is 7.29. The molecule has 1 aromatic carbocycles. The first kappa shape index (κ1) is 19.0. The summed E-state index contributed by atoms with van der Waals surface area (Å²) >= 11 is 1.49. The molecule has 0 N–H and O–H groups in total. The number of rotatable bonds is 7.